The largest absolute Gasteiger partial charge is 0.486 e. The Hall–Kier alpha value is -2.87. The second-order valence-corrected chi connectivity index (χ2v) is 6.61. The van der Waals surface area contributed by atoms with Crippen LogP contribution in [0.15, 0.2) is 42.7 Å². The van der Waals surface area contributed by atoms with E-state index in [1.54, 1.807) is 12.4 Å². The molecule has 4 rings (SSSR count). The molecule has 0 saturated carbocycles. The van der Waals surface area contributed by atoms with Crippen molar-refractivity contribution in [1.82, 2.24) is 20.2 Å². The lowest BCUT2D eigenvalue weighted by Crippen LogP contribution is -2.51. The van der Waals surface area contributed by atoms with Crippen molar-refractivity contribution in [2.45, 2.75) is 6.10 Å². The van der Waals surface area contributed by atoms with Gasteiger partial charge in [-0.15, -0.1) is 0 Å². The maximum absolute atomic E-state index is 12.3. The van der Waals surface area contributed by atoms with E-state index in [-0.39, 0.29) is 12.0 Å². The van der Waals surface area contributed by atoms with Crippen molar-refractivity contribution in [3.8, 4) is 11.5 Å². The fourth-order valence-electron chi connectivity index (χ4n) is 3.21. The first-order chi connectivity index (χ1) is 13.3. The highest BCUT2D eigenvalue weighted by molar-refractivity contribution is 5.78. The van der Waals surface area contributed by atoms with E-state index in [2.05, 4.69) is 25.1 Å². The first kappa shape index (κ1) is 17.5. The molecule has 1 aromatic carbocycles. The molecule has 0 radical (unpaired) electrons. The molecule has 1 N–H and O–H groups in total. The van der Waals surface area contributed by atoms with E-state index in [1.165, 1.54) is 0 Å². The van der Waals surface area contributed by atoms with Crippen LogP contribution in [0.5, 0.6) is 11.5 Å². The Kier molecular flexibility index (Phi) is 5.34. The Labute approximate surface area is 158 Å². The van der Waals surface area contributed by atoms with Crippen LogP contribution >= 0.6 is 0 Å². The normalized spacial score (nSPS) is 19.6. The van der Waals surface area contributed by atoms with Crippen molar-refractivity contribution >= 4 is 11.9 Å². The molecule has 1 amide bonds. The van der Waals surface area contributed by atoms with Crippen LogP contribution in [-0.2, 0) is 4.79 Å². The summed E-state index contributed by atoms with van der Waals surface area (Å²) in [7, 11) is 0. The predicted molar refractivity (Wildman–Crippen MR) is 100 cm³/mol. The topological polar surface area (TPSA) is 79.8 Å². The molecule has 1 unspecified atom stereocenters. The maximum Gasteiger partial charge on any atom is 0.234 e. The molecule has 1 aromatic heterocycles. The van der Waals surface area contributed by atoms with Crippen LogP contribution in [0, 0.1) is 0 Å². The smallest absolute Gasteiger partial charge is 0.234 e. The molecule has 8 heteroatoms. The van der Waals surface area contributed by atoms with Gasteiger partial charge >= 0.3 is 0 Å². The number of hydrogen-bond donors (Lipinski definition) is 1. The van der Waals surface area contributed by atoms with Gasteiger partial charge in [0.2, 0.25) is 11.9 Å². The number of para-hydroxylation sites is 2. The fraction of sp³-hybridized carbons (Fsp3) is 0.421. The Morgan fingerprint density at radius 1 is 1.07 bits per heavy atom. The molecule has 27 heavy (non-hydrogen) atoms. The number of hydrogen-bond acceptors (Lipinski definition) is 7. The molecule has 0 spiro atoms. The lowest BCUT2D eigenvalue weighted by Gasteiger charge is -2.34. The Morgan fingerprint density at radius 2 is 1.81 bits per heavy atom. The maximum atomic E-state index is 12.3. The zero-order valence-electron chi connectivity index (χ0n) is 15.1. The van der Waals surface area contributed by atoms with Gasteiger partial charge in [0.1, 0.15) is 12.7 Å². The Morgan fingerprint density at radius 3 is 2.59 bits per heavy atom. The van der Waals surface area contributed by atoms with Gasteiger partial charge in [0.05, 0.1) is 13.1 Å². The lowest BCUT2D eigenvalue weighted by molar-refractivity contribution is -0.122. The van der Waals surface area contributed by atoms with Crippen molar-refractivity contribution in [3.63, 3.8) is 0 Å². The van der Waals surface area contributed by atoms with E-state index in [1.807, 2.05) is 30.3 Å². The number of piperazine rings is 1. The number of carbonyl (C=O) groups excluding carboxylic acids is 1. The number of nitrogens with one attached hydrogen (secondary N) is 1. The number of amides is 1. The minimum absolute atomic E-state index is 0.00173. The third-order valence-corrected chi connectivity index (χ3v) is 4.67. The zero-order valence-corrected chi connectivity index (χ0v) is 15.1. The Balaban J connectivity index is 1.19. The van der Waals surface area contributed by atoms with Crippen LogP contribution in [-0.4, -0.2) is 72.8 Å². The van der Waals surface area contributed by atoms with Gasteiger partial charge < -0.3 is 19.7 Å². The summed E-state index contributed by atoms with van der Waals surface area (Å²) in [5, 5.41) is 2.95. The van der Waals surface area contributed by atoms with Crippen molar-refractivity contribution in [3.05, 3.63) is 42.7 Å². The number of carbonyl (C=O) groups is 1. The average molecular weight is 369 g/mol. The van der Waals surface area contributed by atoms with Crippen LogP contribution in [0.4, 0.5) is 5.95 Å². The quantitative estimate of drug-likeness (QED) is 0.825. The van der Waals surface area contributed by atoms with Crippen molar-refractivity contribution < 1.29 is 14.3 Å². The number of anilines is 1. The molecule has 1 atom stereocenters. The number of aromatic nitrogens is 2. The van der Waals surface area contributed by atoms with Crippen LogP contribution in [0.1, 0.15) is 0 Å². The first-order valence-electron chi connectivity index (χ1n) is 9.17. The summed E-state index contributed by atoms with van der Waals surface area (Å²) in [4.78, 5) is 25.1. The number of benzene rings is 1. The number of rotatable bonds is 5. The monoisotopic (exact) mass is 369 g/mol. The van der Waals surface area contributed by atoms with Gasteiger partial charge in [-0.2, -0.15) is 0 Å². The predicted octanol–water partition coefficient (Wildman–Crippen LogP) is 0.555. The van der Waals surface area contributed by atoms with Crippen LogP contribution in [0.2, 0.25) is 0 Å². The van der Waals surface area contributed by atoms with E-state index in [9.17, 15) is 4.79 Å². The van der Waals surface area contributed by atoms with Gasteiger partial charge in [-0.25, -0.2) is 9.97 Å². The molecule has 0 bridgehead atoms. The molecule has 1 fully saturated rings. The third kappa shape index (κ3) is 4.46. The second kappa shape index (κ2) is 8.22. The molecule has 2 aliphatic rings. The molecular formula is C19H23N5O3. The van der Waals surface area contributed by atoms with Gasteiger partial charge in [-0.1, -0.05) is 12.1 Å². The SMILES string of the molecule is O=C(CN1CCN(c2ncccn2)CC1)NCC1COc2ccccc2O1. The van der Waals surface area contributed by atoms with Crippen LogP contribution < -0.4 is 19.7 Å². The van der Waals surface area contributed by atoms with Gasteiger partial charge in [0.25, 0.3) is 0 Å². The van der Waals surface area contributed by atoms with Gasteiger partial charge in [-0.3, -0.25) is 9.69 Å². The Bertz CT molecular complexity index is 765. The van der Waals surface area contributed by atoms with Crippen molar-refractivity contribution in [2.75, 3.05) is 50.8 Å². The van der Waals surface area contributed by atoms with Crippen molar-refractivity contribution in [2.24, 2.45) is 0 Å². The average Bonchev–Trinajstić information content (AvgIpc) is 2.73. The summed E-state index contributed by atoms with van der Waals surface area (Å²) >= 11 is 0. The molecule has 2 aliphatic heterocycles. The second-order valence-electron chi connectivity index (χ2n) is 6.61. The highest BCUT2D eigenvalue weighted by Crippen LogP contribution is 2.30. The van der Waals surface area contributed by atoms with Gasteiger partial charge in [0, 0.05) is 38.6 Å². The summed E-state index contributed by atoms with van der Waals surface area (Å²) < 4.78 is 11.5. The summed E-state index contributed by atoms with van der Waals surface area (Å²) in [5.74, 6) is 2.22. The number of nitrogens with zero attached hydrogens (tertiary/aromatic N) is 4. The minimum Gasteiger partial charge on any atom is -0.486 e. The van der Waals surface area contributed by atoms with E-state index in [0.29, 0.717) is 19.7 Å². The van der Waals surface area contributed by atoms with Gasteiger partial charge in [0.15, 0.2) is 11.5 Å². The van der Waals surface area contributed by atoms with E-state index in [0.717, 1.165) is 43.6 Å². The highest BCUT2D eigenvalue weighted by atomic mass is 16.6. The van der Waals surface area contributed by atoms with E-state index >= 15 is 0 Å². The summed E-state index contributed by atoms with van der Waals surface area (Å²) in [6.07, 6.45) is 3.32. The fourth-order valence-corrected chi connectivity index (χ4v) is 3.21. The van der Waals surface area contributed by atoms with Crippen LogP contribution in [0.3, 0.4) is 0 Å². The van der Waals surface area contributed by atoms with Crippen molar-refractivity contribution in [1.29, 1.82) is 0 Å². The standard InChI is InChI=1S/C19H23N5O3/c25-18(22-12-15-14-26-16-4-1-2-5-17(16)27-15)13-23-8-10-24(11-9-23)19-20-6-3-7-21-19/h1-7,15H,8-14H2,(H,22,25). The lowest BCUT2D eigenvalue weighted by atomic mass is 10.2. The summed E-state index contributed by atoms with van der Waals surface area (Å²) in [6, 6.07) is 9.38. The number of fused-ring (bicyclic) bond motifs is 1. The minimum atomic E-state index is -0.170. The zero-order chi connectivity index (χ0) is 18.5. The molecule has 8 nitrogen and oxygen atoms in total. The van der Waals surface area contributed by atoms with Crippen LogP contribution in [0.25, 0.3) is 0 Å². The molecule has 3 heterocycles. The summed E-state index contributed by atoms with van der Waals surface area (Å²) in [6.45, 7) is 4.50. The first-order valence-corrected chi connectivity index (χ1v) is 9.17. The molecule has 2 aromatic rings. The molecule has 1 saturated heterocycles. The van der Waals surface area contributed by atoms with E-state index < -0.39 is 0 Å². The van der Waals surface area contributed by atoms with E-state index in [4.69, 9.17) is 9.47 Å². The summed E-state index contributed by atoms with van der Waals surface area (Å²) in [5.41, 5.74) is 0. The molecule has 142 valence electrons. The van der Waals surface area contributed by atoms with Gasteiger partial charge in [-0.05, 0) is 18.2 Å². The number of ether oxygens (including phenoxy) is 2. The third-order valence-electron chi connectivity index (χ3n) is 4.67. The molecular weight excluding hydrogens is 346 g/mol. The highest BCUT2D eigenvalue weighted by Gasteiger charge is 2.23. The molecule has 0 aliphatic carbocycles.